The summed E-state index contributed by atoms with van der Waals surface area (Å²) in [6.07, 6.45) is 5.65. The van der Waals surface area contributed by atoms with Crippen LogP contribution in [0.1, 0.15) is 41.5 Å². The average Bonchev–Trinajstić information content (AvgIpc) is 3.39. The summed E-state index contributed by atoms with van der Waals surface area (Å²) < 4.78 is 60.5. The SMILES string of the molecule is O=C(Nc1c2c(cc3c1CCC3)CCC2)NS(=O)(=O)c1cnn2c1OCCC2(F)F. The number of carbonyl (C=O) groups is 1. The molecule has 1 aromatic heterocycles. The molecule has 0 fully saturated rings. The smallest absolute Gasteiger partial charge is 0.349 e. The van der Waals surface area contributed by atoms with Gasteiger partial charge in [0.25, 0.3) is 10.0 Å². The number of aromatic nitrogens is 2. The molecule has 5 rings (SSSR count). The molecule has 1 aromatic carbocycles. The summed E-state index contributed by atoms with van der Waals surface area (Å²) in [5, 5.41) is 6.16. The molecule has 3 aliphatic rings. The molecule has 2 aromatic rings. The van der Waals surface area contributed by atoms with Gasteiger partial charge in [-0.3, -0.25) is 0 Å². The van der Waals surface area contributed by atoms with Gasteiger partial charge in [-0.25, -0.2) is 17.9 Å². The summed E-state index contributed by atoms with van der Waals surface area (Å²) in [7, 11) is -4.46. The van der Waals surface area contributed by atoms with Gasteiger partial charge < -0.3 is 10.1 Å². The first-order valence-electron chi connectivity index (χ1n) is 9.86. The number of alkyl halides is 2. The molecule has 0 saturated carbocycles. The van der Waals surface area contributed by atoms with Crippen molar-refractivity contribution >= 4 is 21.7 Å². The molecule has 0 saturated heterocycles. The van der Waals surface area contributed by atoms with Gasteiger partial charge in [0.1, 0.15) is 0 Å². The number of sulfonamides is 1. The van der Waals surface area contributed by atoms with E-state index in [4.69, 9.17) is 4.74 Å². The van der Waals surface area contributed by atoms with E-state index in [0.29, 0.717) is 5.69 Å². The van der Waals surface area contributed by atoms with E-state index in [9.17, 15) is 22.0 Å². The fourth-order valence-electron chi connectivity index (χ4n) is 4.53. The minimum atomic E-state index is -4.46. The van der Waals surface area contributed by atoms with Gasteiger partial charge in [-0.05, 0) is 60.8 Å². The quantitative estimate of drug-likeness (QED) is 0.767. The van der Waals surface area contributed by atoms with E-state index in [1.807, 2.05) is 4.72 Å². The Labute approximate surface area is 171 Å². The zero-order valence-corrected chi connectivity index (χ0v) is 16.8. The van der Waals surface area contributed by atoms with E-state index in [-0.39, 0.29) is 11.3 Å². The molecule has 0 atom stereocenters. The predicted octanol–water partition coefficient (Wildman–Crippen LogP) is 2.70. The third-order valence-electron chi connectivity index (χ3n) is 5.87. The highest BCUT2D eigenvalue weighted by atomic mass is 32.2. The Kier molecular flexibility index (Phi) is 4.28. The third-order valence-corrected chi connectivity index (χ3v) is 7.19. The molecule has 0 bridgehead atoms. The number of hydrogen-bond donors (Lipinski definition) is 2. The lowest BCUT2D eigenvalue weighted by Gasteiger charge is -2.24. The maximum Gasteiger partial charge on any atom is 0.349 e. The monoisotopic (exact) mass is 438 g/mol. The Morgan fingerprint density at radius 3 is 2.47 bits per heavy atom. The molecule has 2 N–H and O–H groups in total. The summed E-state index contributed by atoms with van der Waals surface area (Å²) >= 11 is 0. The number of rotatable bonds is 3. The number of urea groups is 1. The van der Waals surface area contributed by atoms with Crippen molar-refractivity contribution in [2.24, 2.45) is 0 Å². The lowest BCUT2D eigenvalue weighted by Crippen LogP contribution is -2.36. The van der Waals surface area contributed by atoms with Crippen LogP contribution in [0.25, 0.3) is 0 Å². The molecule has 2 amide bonds. The molecule has 0 unspecified atom stereocenters. The maximum atomic E-state index is 13.9. The van der Waals surface area contributed by atoms with Crippen molar-refractivity contribution in [2.45, 2.75) is 55.9 Å². The summed E-state index contributed by atoms with van der Waals surface area (Å²) in [6, 6.07) is -2.09. The summed E-state index contributed by atoms with van der Waals surface area (Å²) in [6.45, 7) is -0.351. The number of fused-ring (bicyclic) bond motifs is 3. The Bertz CT molecular complexity index is 1130. The van der Waals surface area contributed by atoms with E-state index >= 15 is 0 Å². The molecule has 11 heteroatoms. The number of amides is 2. The van der Waals surface area contributed by atoms with Crippen LogP contribution < -0.4 is 14.8 Å². The van der Waals surface area contributed by atoms with E-state index in [2.05, 4.69) is 16.5 Å². The van der Waals surface area contributed by atoms with Crippen LogP contribution in [0.2, 0.25) is 0 Å². The number of carbonyl (C=O) groups excluding carboxylic acids is 1. The predicted molar refractivity (Wildman–Crippen MR) is 102 cm³/mol. The van der Waals surface area contributed by atoms with E-state index in [1.165, 1.54) is 11.1 Å². The van der Waals surface area contributed by atoms with Gasteiger partial charge in [0, 0.05) is 5.69 Å². The van der Waals surface area contributed by atoms with Crippen molar-refractivity contribution in [1.29, 1.82) is 0 Å². The minimum Gasteiger partial charge on any atom is -0.476 e. The highest BCUT2D eigenvalue weighted by Gasteiger charge is 2.42. The van der Waals surface area contributed by atoms with Crippen molar-refractivity contribution < 1.29 is 26.7 Å². The van der Waals surface area contributed by atoms with Crippen molar-refractivity contribution in [3.05, 3.63) is 34.5 Å². The molecule has 8 nitrogen and oxygen atoms in total. The van der Waals surface area contributed by atoms with Crippen molar-refractivity contribution in [2.75, 3.05) is 11.9 Å². The molecule has 30 heavy (non-hydrogen) atoms. The van der Waals surface area contributed by atoms with E-state index in [0.717, 1.165) is 55.8 Å². The number of aryl methyl sites for hydroxylation is 2. The molecule has 2 aliphatic carbocycles. The first kappa shape index (κ1) is 19.3. The largest absolute Gasteiger partial charge is 0.476 e. The fraction of sp³-hybridized carbons (Fsp3) is 0.474. The second kappa shape index (κ2) is 6.66. The van der Waals surface area contributed by atoms with Crippen LogP contribution in [0.4, 0.5) is 19.3 Å². The van der Waals surface area contributed by atoms with Gasteiger partial charge in [-0.2, -0.15) is 18.6 Å². The lowest BCUT2D eigenvalue weighted by atomic mass is 9.99. The second-order valence-electron chi connectivity index (χ2n) is 7.78. The van der Waals surface area contributed by atoms with Crippen molar-refractivity contribution in [3.63, 3.8) is 0 Å². The molecule has 2 heterocycles. The third kappa shape index (κ3) is 3.03. The summed E-state index contributed by atoms with van der Waals surface area (Å²) in [5.74, 6) is -0.576. The highest BCUT2D eigenvalue weighted by Crippen LogP contribution is 2.39. The Hall–Kier alpha value is -2.69. The number of ether oxygens (including phenoxy) is 1. The van der Waals surface area contributed by atoms with Crippen LogP contribution in [0.15, 0.2) is 17.2 Å². The Morgan fingerprint density at radius 2 is 1.80 bits per heavy atom. The zero-order chi connectivity index (χ0) is 21.1. The van der Waals surface area contributed by atoms with Crippen LogP contribution in [-0.2, 0) is 41.8 Å². The van der Waals surface area contributed by atoms with Crippen LogP contribution in [0.5, 0.6) is 5.88 Å². The first-order valence-corrected chi connectivity index (χ1v) is 11.3. The van der Waals surface area contributed by atoms with Gasteiger partial charge in [0.05, 0.1) is 19.2 Å². The molecule has 0 radical (unpaired) electrons. The van der Waals surface area contributed by atoms with Crippen LogP contribution in [-0.4, -0.2) is 30.8 Å². The van der Waals surface area contributed by atoms with E-state index < -0.39 is 39.3 Å². The molecule has 1 aliphatic heterocycles. The van der Waals surface area contributed by atoms with Gasteiger partial charge in [0.2, 0.25) is 5.88 Å². The second-order valence-corrected chi connectivity index (χ2v) is 9.43. The normalized spacial score (nSPS) is 18.9. The number of nitrogens with one attached hydrogen (secondary N) is 2. The van der Waals surface area contributed by atoms with Crippen molar-refractivity contribution in [1.82, 2.24) is 14.5 Å². The lowest BCUT2D eigenvalue weighted by molar-refractivity contribution is -0.129. The van der Waals surface area contributed by atoms with E-state index in [1.54, 1.807) is 0 Å². The van der Waals surface area contributed by atoms with Crippen LogP contribution in [0.3, 0.4) is 0 Å². The Balaban J connectivity index is 1.42. The van der Waals surface area contributed by atoms with Gasteiger partial charge >= 0.3 is 12.1 Å². The zero-order valence-electron chi connectivity index (χ0n) is 16.0. The van der Waals surface area contributed by atoms with Crippen LogP contribution >= 0.6 is 0 Å². The number of nitrogens with zero attached hydrogens (tertiary/aromatic N) is 2. The number of hydrogen-bond acceptors (Lipinski definition) is 5. The molecule has 0 spiro atoms. The number of halogens is 2. The summed E-state index contributed by atoms with van der Waals surface area (Å²) in [5.41, 5.74) is 5.17. The van der Waals surface area contributed by atoms with Crippen LogP contribution in [0, 0.1) is 0 Å². The molecule has 160 valence electrons. The topological polar surface area (TPSA) is 102 Å². The maximum absolute atomic E-state index is 13.9. The number of anilines is 1. The minimum absolute atomic E-state index is 0.236. The Morgan fingerprint density at radius 1 is 1.13 bits per heavy atom. The van der Waals surface area contributed by atoms with Gasteiger partial charge in [-0.1, -0.05) is 6.07 Å². The number of benzene rings is 1. The fourth-order valence-corrected chi connectivity index (χ4v) is 5.50. The standard InChI is InChI=1S/C19H20F2N4O4S/c20-19(21)7-8-29-17-15(10-22-25(17)19)30(27,28)24-18(26)23-16-13-5-1-3-11(13)9-12-4-2-6-14(12)16/h9-10H,1-8H2,(H2,23,24,26). The average molecular weight is 438 g/mol. The highest BCUT2D eigenvalue weighted by molar-refractivity contribution is 7.90. The van der Waals surface area contributed by atoms with Gasteiger partial charge in [0.15, 0.2) is 4.90 Å². The van der Waals surface area contributed by atoms with Gasteiger partial charge in [-0.15, -0.1) is 0 Å². The first-order chi connectivity index (χ1) is 14.3. The van der Waals surface area contributed by atoms with Crippen molar-refractivity contribution in [3.8, 4) is 5.88 Å². The molecular weight excluding hydrogens is 418 g/mol. The summed E-state index contributed by atoms with van der Waals surface area (Å²) in [4.78, 5) is 12.0. The molecular formula is C19H20F2N4O4S.